The number of likely N-dealkylation sites (tertiary alicyclic amines) is 2. The van der Waals surface area contributed by atoms with Crippen LogP contribution in [0, 0.1) is 12.3 Å². The Hall–Kier alpha value is -1.40. The number of nitrogens with one attached hydrogen (secondary N) is 1. The average Bonchev–Trinajstić information content (AvgIpc) is 2.85. The molecule has 0 aromatic carbocycles. The molecule has 6 nitrogen and oxygen atoms in total. The van der Waals surface area contributed by atoms with Gasteiger partial charge in [0, 0.05) is 24.8 Å². The van der Waals surface area contributed by atoms with Crippen LogP contribution in [0.2, 0.25) is 0 Å². The Bertz CT molecular complexity index is 529. The van der Waals surface area contributed by atoms with Gasteiger partial charge in [-0.15, -0.1) is 0 Å². The zero-order valence-electron chi connectivity index (χ0n) is 12.8. The summed E-state index contributed by atoms with van der Waals surface area (Å²) in [6, 6.07) is 0.108. The average molecular weight is 292 g/mol. The number of hydrogen-bond donors (Lipinski definition) is 2. The number of imidazole rings is 1. The fourth-order valence-electron chi connectivity index (χ4n) is 3.95. The molecule has 0 amide bonds. The van der Waals surface area contributed by atoms with Gasteiger partial charge in [-0.3, -0.25) is 9.69 Å². The van der Waals surface area contributed by atoms with Crippen LogP contribution >= 0.6 is 0 Å². The van der Waals surface area contributed by atoms with Crippen molar-refractivity contribution in [1.82, 2.24) is 19.8 Å². The van der Waals surface area contributed by atoms with Gasteiger partial charge in [-0.05, 0) is 46.3 Å². The van der Waals surface area contributed by atoms with E-state index in [0.29, 0.717) is 0 Å². The number of rotatable bonds is 3. The van der Waals surface area contributed by atoms with Crippen LogP contribution in [0.3, 0.4) is 0 Å². The molecule has 0 radical (unpaired) electrons. The van der Waals surface area contributed by atoms with Gasteiger partial charge in [-0.25, -0.2) is 4.98 Å². The second-order valence-corrected chi connectivity index (χ2v) is 6.52. The number of fused-ring (bicyclic) bond motifs is 1. The van der Waals surface area contributed by atoms with Crippen LogP contribution in [0.1, 0.15) is 30.7 Å². The van der Waals surface area contributed by atoms with E-state index >= 15 is 0 Å². The first-order chi connectivity index (χ1) is 10.0. The SMILES string of the molecule is Cc1[nH]cnc1CN1CC[C@@]2(C(=O)O)CCCN(C)[C@@H]2C1. The van der Waals surface area contributed by atoms with Gasteiger partial charge in [0.15, 0.2) is 0 Å². The predicted molar refractivity (Wildman–Crippen MR) is 78.9 cm³/mol. The summed E-state index contributed by atoms with van der Waals surface area (Å²) in [4.78, 5) is 23.9. The molecule has 21 heavy (non-hydrogen) atoms. The maximum Gasteiger partial charge on any atom is 0.311 e. The first-order valence-electron chi connectivity index (χ1n) is 7.68. The zero-order valence-corrected chi connectivity index (χ0v) is 12.8. The lowest BCUT2D eigenvalue weighted by Gasteiger charge is -2.51. The summed E-state index contributed by atoms with van der Waals surface area (Å²) in [5, 5.41) is 9.77. The van der Waals surface area contributed by atoms with Crippen LogP contribution < -0.4 is 0 Å². The van der Waals surface area contributed by atoms with Crippen molar-refractivity contribution < 1.29 is 9.90 Å². The highest BCUT2D eigenvalue weighted by atomic mass is 16.4. The Kier molecular flexibility index (Phi) is 3.75. The fourth-order valence-corrected chi connectivity index (χ4v) is 3.95. The third kappa shape index (κ3) is 2.46. The van der Waals surface area contributed by atoms with Crippen molar-refractivity contribution in [1.29, 1.82) is 0 Å². The van der Waals surface area contributed by atoms with Crippen molar-refractivity contribution in [2.24, 2.45) is 5.41 Å². The van der Waals surface area contributed by atoms with E-state index < -0.39 is 11.4 Å². The summed E-state index contributed by atoms with van der Waals surface area (Å²) in [5.41, 5.74) is 1.61. The molecule has 0 spiro atoms. The van der Waals surface area contributed by atoms with Crippen molar-refractivity contribution in [2.75, 3.05) is 26.7 Å². The maximum absolute atomic E-state index is 11.9. The van der Waals surface area contributed by atoms with Crippen LogP contribution in [0.25, 0.3) is 0 Å². The van der Waals surface area contributed by atoms with E-state index in [0.717, 1.165) is 56.8 Å². The van der Waals surface area contributed by atoms with E-state index in [1.807, 2.05) is 6.92 Å². The molecule has 0 unspecified atom stereocenters. The second kappa shape index (κ2) is 5.42. The Morgan fingerprint density at radius 2 is 2.33 bits per heavy atom. The fraction of sp³-hybridized carbons (Fsp3) is 0.733. The van der Waals surface area contributed by atoms with Crippen molar-refractivity contribution in [3.05, 3.63) is 17.7 Å². The standard InChI is InChI=1S/C15H24N4O2/c1-11-12(17-10-16-11)8-19-7-5-15(14(20)21)4-3-6-18(2)13(15)9-19/h10,13H,3-9H2,1-2H3,(H,16,17)(H,20,21)/t13-,15+/m1/s1. The summed E-state index contributed by atoms with van der Waals surface area (Å²) in [6.07, 6.45) is 4.26. The summed E-state index contributed by atoms with van der Waals surface area (Å²) in [6.45, 7) is 5.48. The molecule has 0 bridgehead atoms. The monoisotopic (exact) mass is 292 g/mol. The highest BCUT2D eigenvalue weighted by molar-refractivity contribution is 5.76. The van der Waals surface area contributed by atoms with Crippen molar-refractivity contribution in [2.45, 2.75) is 38.8 Å². The lowest BCUT2D eigenvalue weighted by Crippen LogP contribution is -2.62. The molecule has 2 fully saturated rings. The highest BCUT2D eigenvalue weighted by Gasteiger charge is 2.52. The number of hydrogen-bond acceptors (Lipinski definition) is 4. The molecule has 2 N–H and O–H groups in total. The van der Waals surface area contributed by atoms with E-state index in [1.165, 1.54) is 0 Å². The number of aliphatic carboxylic acids is 1. The minimum Gasteiger partial charge on any atom is -0.481 e. The van der Waals surface area contributed by atoms with Gasteiger partial charge in [0.2, 0.25) is 0 Å². The molecule has 0 aliphatic carbocycles. The van der Waals surface area contributed by atoms with Crippen LogP contribution in [-0.2, 0) is 11.3 Å². The number of nitrogens with zero attached hydrogens (tertiary/aromatic N) is 3. The third-order valence-electron chi connectivity index (χ3n) is 5.34. The number of aromatic nitrogens is 2. The number of piperidine rings is 2. The van der Waals surface area contributed by atoms with Crippen molar-refractivity contribution in [3.63, 3.8) is 0 Å². The largest absolute Gasteiger partial charge is 0.481 e. The Balaban J connectivity index is 1.76. The molecule has 3 rings (SSSR count). The van der Waals surface area contributed by atoms with Crippen molar-refractivity contribution >= 4 is 5.97 Å². The van der Waals surface area contributed by atoms with Gasteiger partial charge in [0.05, 0.1) is 17.4 Å². The van der Waals surface area contributed by atoms with Crippen LogP contribution in [0.15, 0.2) is 6.33 Å². The molecular formula is C15H24N4O2. The lowest BCUT2D eigenvalue weighted by molar-refractivity contribution is -0.162. The van der Waals surface area contributed by atoms with Gasteiger partial charge in [0.25, 0.3) is 0 Å². The zero-order chi connectivity index (χ0) is 15.0. The van der Waals surface area contributed by atoms with Gasteiger partial charge >= 0.3 is 5.97 Å². The topological polar surface area (TPSA) is 72.5 Å². The van der Waals surface area contributed by atoms with Gasteiger partial charge < -0.3 is 15.0 Å². The first kappa shape index (κ1) is 14.5. The predicted octanol–water partition coefficient (Wildman–Crippen LogP) is 1.09. The molecule has 1 aromatic rings. The maximum atomic E-state index is 11.9. The van der Waals surface area contributed by atoms with E-state index in [9.17, 15) is 9.90 Å². The number of H-pyrrole nitrogens is 1. The molecule has 3 heterocycles. The summed E-state index contributed by atoms with van der Waals surface area (Å²) in [7, 11) is 2.06. The van der Waals surface area contributed by atoms with Crippen molar-refractivity contribution in [3.8, 4) is 0 Å². The molecule has 6 heteroatoms. The normalized spacial score (nSPS) is 31.0. The van der Waals surface area contributed by atoms with E-state index in [1.54, 1.807) is 6.33 Å². The number of aromatic amines is 1. The number of likely N-dealkylation sites (N-methyl/N-ethyl adjacent to an activating group) is 1. The Labute approximate surface area is 125 Å². The van der Waals surface area contributed by atoms with Crippen LogP contribution in [0.5, 0.6) is 0 Å². The minimum absolute atomic E-state index is 0.108. The molecular weight excluding hydrogens is 268 g/mol. The number of carboxylic acids is 1. The molecule has 2 saturated heterocycles. The van der Waals surface area contributed by atoms with E-state index in [4.69, 9.17) is 0 Å². The Morgan fingerprint density at radius 1 is 1.52 bits per heavy atom. The molecule has 0 saturated carbocycles. The van der Waals surface area contributed by atoms with Gasteiger partial charge in [0.1, 0.15) is 0 Å². The molecule has 1 aromatic heterocycles. The molecule has 2 aliphatic rings. The molecule has 2 aliphatic heterocycles. The number of carboxylic acid groups (broad SMARTS) is 1. The smallest absolute Gasteiger partial charge is 0.311 e. The summed E-state index contributed by atoms with van der Waals surface area (Å²) in [5.74, 6) is -0.616. The van der Waals surface area contributed by atoms with E-state index in [-0.39, 0.29) is 6.04 Å². The highest BCUT2D eigenvalue weighted by Crippen LogP contribution is 2.42. The quantitative estimate of drug-likeness (QED) is 0.872. The van der Waals surface area contributed by atoms with Crippen LogP contribution in [-0.4, -0.2) is 63.6 Å². The second-order valence-electron chi connectivity index (χ2n) is 6.52. The Morgan fingerprint density at radius 3 is 3.00 bits per heavy atom. The van der Waals surface area contributed by atoms with Gasteiger partial charge in [-0.2, -0.15) is 0 Å². The van der Waals surface area contributed by atoms with Crippen LogP contribution in [0.4, 0.5) is 0 Å². The minimum atomic E-state index is -0.616. The van der Waals surface area contributed by atoms with E-state index in [2.05, 4.69) is 26.8 Å². The third-order valence-corrected chi connectivity index (χ3v) is 5.34. The number of aryl methyl sites for hydroxylation is 1. The molecule has 116 valence electrons. The lowest BCUT2D eigenvalue weighted by atomic mass is 9.68. The van der Waals surface area contributed by atoms with Gasteiger partial charge in [-0.1, -0.05) is 0 Å². The summed E-state index contributed by atoms with van der Waals surface area (Å²) < 4.78 is 0. The summed E-state index contributed by atoms with van der Waals surface area (Å²) >= 11 is 0. The molecule has 2 atom stereocenters. The number of carbonyl (C=O) groups is 1. The first-order valence-corrected chi connectivity index (χ1v) is 7.68.